The average molecular weight is 493 g/mol. The minimum atomic E-state index is -3.07. The van der Waals surface area contributed by atoms with Crippen LogP contribution in [0.15, 0.2) is 24.3 Å². The average Bonchev–Trinajstić information content (AvgIpc) is 3.32. The molecule has 0 spiro atoms. The fourth-order valence-corrected chi connectivity index (χ4v) is 5.81. The number of sulfone groups is 1. The highest BCUT2D eigenvalue weighted by Crippen LogP contribution is 2.29. The van der Waals surface area contributed by atoms with Gasteiger partial charge in [-0.2, -0.15) is 0 Å². The van der Waals surface area contributed by atoms with Gasteiger partial charge in [0.15, 0.2) is 27.9 Å². The molecule has 1 amide bonds. The lowest BCUT2D eigenvalue weighted by Gasteiger charge is -2.16. The van der Waals surface area contributed by atoms with E-state index in [0.717, 1.165) is 5.69 Å². The van der Waals surface area contributed by atoms with Crippen molar-refractivity contribution in [3.05, 3.63) is 46.8 Å². The van der Waals surface area contributed by atoms with E-state index in [-0.39, 0.29) is 23.1 Å². The highest BCUT2D eigenvalue weighted by Gasteiger charge is 2.31. The summed E-state index contributed by atoms with van der Waals surface area (Å²) in [6.45, 7) is 2.65. The van der Waals surface area contributed by atoms with Crippen LogP contribution in [0.3, 0.4) is 0 Å². The van der Waals surface area contributed by atoms with Crippen LogP contribution < -0.4 is 14.8 Å². The van der Waals surface area contributed by atoms with Crippen molar-refractivity contribution >= 4 is 27.5 Å². The fraction of sp³-hybridized carbons (Fsp3) is 0.435. The molecule has 0 bridgehead atoms. The van der Waals surface area contributed by atoms with Crippen LogP contribution in [0.1, 0.15) is 44.6 Å². The Bertz CT molecular complexity index is 1220. The number of ether oxygens (including phenoxy) is 3. The number of ketones is 1. The first-order chi connectivity index (χ1) is 16.1. The molecule has 1 aliphatic rings. The molecule has 1 aromatic carbocycles. The summed E-state index contributed by atoms with van der Waals surface area (Å²) in [6.07, 6.45) is 0.501. The van der Waals surface area contributed by atoms with Crippen molar-refractivity contribution in [2.45, 2.75) is 26.3 Å². The summed E-state index contributed by atoms with van der Waals surface area (Å²) in [5, 5.41) is 2.44. The van der Waals surface area contributed by atoms with Crippen molar-refractivity contribution in [2.24, 2.45) is 0 Å². The maximum atomic E-state index is 12.6. The molecule has 184 valence electrons. The number of nitrogens with zero attached hydrogens (tertiary/aromatic N) is 1. The largest absolute Gasteiger partial charge is 0.493 e. The van der Waals surface area contributed by atoms with Gasteiger partial charge in [-0.05, 0) is 44.5 Å². The van der Waals surface area contributed by atoms with Crippen LogP contribution in [-0.4, -0.2) is 69.5 Å². The number of hydrogen-bond donors (Lipinski definition) is 1. The van der Waals surface area contributed by atoms with E-state index < -0.39 is 40.6 Å². The van der Waals surface area contributed by atoms with E-state index in [1.807, 2.05) is 11.5 Å². The number of carbonyl (C=O) groups is 3. The molecule has 34 heavy (non-hydrogen) atoms. The minimum absolute atomic E-state index is 0.0474. The second kappa shape index (κ2) is 10.3. The monoisotopic (exact) mass is 492 g/mol. The zero-order valence-electron chi connectivity index (χ0n) is 19.5. The lowest BCUT2D eigenvalue weighted by Crippen LogP contribution is -2.31. The Hall–Kier alpha value is -3.34. The van der Waals surface area contributed by atoms with Gasteiger partial charge in [0.05, 0.1) is 25.7 Å². The molecule has 10 nitrogen and oxygen atoms in total. The third kappa shape index (κ3) is 5.58. The normalized spacial score (nSPS) is 16.6. The molecule has 1 aromatic heterocycles. The summed E-state index contributed by atoms with van der Waals surface area (Å²) < 4.78 is 40.9. The summed E-state index contributed by atoms with van der Waals surface area (Å²) in [4.78, 5) is 37.0. The molecule has 3 rings (SSSR count). The summed E-state index contributed by atoms with van der Waals surface area (Å²) in [7, 11) is -0.150. The topological polar surface area (TPSA) is 130 Å². The Balaban J connectivity index is 1.55. The number of benzene rings is 1. The lowest BCUT2D eigenvalue weighted by molar-refractivity contribution is -0.141. The van der Waals surface area contributed by atoms with Gasteiger partial charge in [-0.25, -0.2) is 8.42 Å². The van der Waals surface area contributed by atoms with Gasteiger partial charge < -0.3 is 24.1 Å². The Kier molecular flexibility index (Phi) is 7.65. The van der Waals surface area contributed by atoms with Crippen molar-refractivity contribution in [3.63, 3.8) is 0 Å². The third-order valence-electron chi connectivity index (χ3n) is 5.76. The number of carbonyl (C=O) groups excluding carboxylic acids is 3. The molecule has 1 aliphatic heterocycles. The number of aryl methyl sites for hydroxylation is 1. The summed E-state index contributed by atoms with van der Waals surface area (Å²) in [6, 6.07) is 6.05. The minimum Gasteiger partial charge on any atom is -0.493 e. The summed E-state index contributed by atoms with van der Waals surface area (Å²) in [5.41, 5.74) is 2.06. The zero-order chi connectivity index (χ0) is 25.0. The Labute approximate surface area is 198 Å². The Morgan fingerprint density at radius 1 is 1.09 bits per heavy atom. The number of esters is 1. The molecule has 1 N–H and O–H groups in total. The van der Waals surface area contributed by atoms with Gasteiger partial charge in [-0.15, -0.1) is 0 Å². The van der Waals surface area contributed by atoms with E-state index in [1.165, 1.54) is 26.4 Å². The first-order valence-electron chi connectivity index (χ1n) is 10.6. The predicted octanol–water partition coefficient (Wildman–Crippen LogP) is 1.64. The molecule has 1 atom stereocenters. The van der Waals surface area contributed by atoms with Crippen molar-refractivity contribution in [1.29, 1.82) is 0 Å². The highest BCUT2D eigenvalue weighted by molar-refractivity contribution is 7.91. The molecule has 0 radical (unpaired) electrons. The number of hydrogen-bond acceptors (Lipinski definition) is 8. The van der Waals surface area contributed by atoms with Gasteiger partial charge in [-0.3, -0.25) is 14.4 Å². The second-order valence-electron chi connectivity index (χ2n) is 8.05. The lowest BCUT2D eigenvalue weighted by atomic mass is 10.1. The first kappa shape index (κ1) is 25.3. The fourth-order valence-electron chi connectivity index (χ4n) is 4.11. The van der Waals surface area contributed by atoms with Crippen molar-refractivity contribution in [3.8, 4) is 11.5 Å². The molecule has 2 aromatic rings. The van der Waals surface area contributed by atoms with Gasteiger partial charge in [0.2, 0.25) is 5.78 Å². The molecule has 11 heteroatoms. The molecular formula is C23H28N2O8S. The smallest absolute Gasteiger partial charge is 0.325 e. The molecule has 0 saturated carbocycles. The zero-order valence-corrected chi connectivity index (χ0v) is 20.4. The third-order valence-corrected chi connectivity index (χ3v) is 7.51. The number of methoxy groups -OCH3 is 2. The number of aromatic nitrogens is 1. The number of amides is 1. The van der Waals surface area contributed by atoms with Crippen molar-refractivity contribution in [2.75, 3.05) is 38.9 Å². The first-order valence-corrected chi connectivity index (χ1v) is 12.5. The summed E-state index contributed by atoms with van der Waals surface area (Å²) >= 11 is 0. The number of nitrogens with one attached hydrogen (secondary N) is 1. The molecular weight excluding hydrogens is 464 g/mol. The number of rotatable bonds is 9. The van der Waals surface area contributed by atoms with Crippen LogP contribution in [0, 0.1) is 13.8 Å². The SMILES string of the molecule is COc1ccc(C(=O)NCC(=O)OCC(=O)c2cc(C)n(C3CCS(=O)(=O)C3)c2C)cc1OC. The molecule has 1 saturated heterocycles. The van der Waals surface area contributed by atoms with E-state index in [9.17, 15) is 22.8 Å². The Morgan fingerprint density at radius 3 is 2.41 bits per heavy atom. The summed E-state index contributed by atoms with van der Waals surface area (Å²) in [5.74, 6) is -0.671. The van der Waals surface area contributed by atoms with E-state index in [4.69, 9.17) is 14.2 Å². The van der Waals surface area contributed by atoms with Gasteiger partial charge in [-0.1, -0.05) is 0 Å². The second-order valence-corrected chi connectivity index (χ2v) is 10.3. The maximum Gasteiger partial charge on any atom is 0.325 e. The quantitative estimate of drug-likeness (QED) is 0.413. The van der Waals surface area contributed by atoms with Gasteiger partial charge in [0, 0.05) is 28.6 Å². The van der Waals surface area contributed by atoms with Gasteiger partial charge >= 0.3 is 5.97 Å². The van der Waals surface area contributed by atoms with Crippen LogP contribution >= 0.6 is 0 Å². The van der Waals surface area contributed by atoms with E-state index in [0.29, 0.717) is 29.2 Å². The van der Waals surface area contributed by atoms with Crippen LogP contribution in [0.5, 0.6) is 11.5 Å². The van der Waals surface area contributed by atoms with Crippen LogP contribution in [-0.2, 0) is 19.4 Å². The van der Waals surface area contributed by atoms with Crippen LogP contribution in [0.4, 0.5) is 0 Å². The van der Waals surface area contributed by atoms with E-state index in [2.05, 4.69) is 5.32 Å². The standard InChI is InChI=1S/C23H28N2O8S/c1-14-9-18(15(2)25(14)17-7-8-34(29,30)13-17)19(26)12-33-22(27)11-24-23(28)16-5-6-20(31-3)21(10-16)32-4/h5-6,9-10,17H,7-8,11-13H2,1-4H3,(H,24,28). The predicted molar refractivity (Wildman–Crippen MR) is 123 cm³/mol. The molecule has 1 fully saturated rings. The van der Waals surface area contributed by atoms with Crippen LogP contribution in [0.2, 0.25) is 0 Å². The number of Topliss-reactive ketones (excluding diaryl/α,β-unsaturated/α-hetero) is 1. The molecule has 0 aliphatic carbocycles. The van der Waals surface area contributed by atoms with Crippen LogP contribution in [0.25, 0.3) is 0 Å². The van der Waals surface area contributed by atoms with E-state index in [1.54, 1.807) is 19.1 Å². The van der Waals surface area contributed by atoms with Gasteiger partial charge in [0.1, 0.15) is 6.54 Å². The molecule has 2 heterocycles. The van der Waals surface area contributed by atoms with Crippen molar-refractivity contribution < 1.29 is 37.0 Å². The van der Waals surface area contributed by atoms with E-state index >= 15 is 0 Å². The maximum absolute atomic E-state index is 12.6. The van der Waals surface area contributed by atoms with Gasteiger partial charge in [0.25, 0.3) is 5.91 Å². The van der Waals surface area contributed by atoms with Crippen molar-refractivity contribution in [1.82, 2.24) is 9.88 Å². The molecule has 1 unspecified atom stereocenters. The highest BCUT2D eigenvalue weighted by atomic mass is 32.2. The Morgan fingerprint density at radius 2 is 1.79 bits per heavy atom.